The molecule has 3 aliphatic carbocycles. The molecule has 1 aromatic carbocycles. The molecule has 1 spiro atoms. The van der Waals surface area contributed by atoms with Gasteiger partial charge in [0.2, 0.25) is 0 Å². The van der Waals surface area contributed by atoms with E-state index < -0.39 is 40.5 Å². The Balaban J connectivity index is 1.34. The molecule has 4 fully saturated rings. The van der Waals surface area contributed by atoms with E-state index in [-0.39, 0.29) is 11.5 Å². The molecule has 4 N–H and O–H groups in total. The van der Waals surface area contributed by atoms with Crippen LogP contribution in [-0.4, -0.2) is 61.5 Å². The largest absolute Gasteiger partial charge is 0.388 e. The van der Waals surface area contributed by atoms with E-state index in [9.17, 15) is 15.3 Å². The molecule has 2 saturated heterocycles. The topological polar surface area (TPSA) is 98.2 Å². The first kappa shape index (κ1) is 25.3. The van der Waals surface area contributed by atoms with E-state index in [2.05, 4.69) is 57.0 Å². The third-order valence-electron chi connectivity index (χ3n) is 11.8. The molecule has 2 aliphatic heterocycles. The Morgan fingerprint density at radius 3 is 2.66 bits per heavy atom. The summed E-state index contributed by atoms with van der Waals surface area (Å²) in [5, 5.41) is 36.2. The molecular weight excluding hydrogens is 478 g/mol. The number of aromatic amines is 1. The minimum atomic E-state index is -1.20. The van der Waals surface area contributed by atoms with Crippen molar-refractivity contribution in [3.05, 3.63) is 46.7 Å². The van der Waals surface area contributed by atoms with Gasteiger partial charge in [-0.15, -0.1) is 0 Å². The van der Waals surface area contributed by atoms with Gasteiger partial charge < -0.3 is 29.8 Å². The van der Waals surface area contributed by atoms with E-state index in [1.54, 1.807) is 13.8 Å². The van der Waals surface area contributed by atoms with Crippen molar-refractivity contribution in [2.24, 2.45) is 11.3 Å². The van der Waals surface area contributed by atoms with Gasteiger partial charge in [-0.25, -0.2) is 0 Å². The van der Waals surface area contributed by atoms with Crippen molar-refractivity contribution in [1.82, 2.24) is 4.98 Å². The monoisotopic (exact) mass is 521 g/mol. The highest BCUT2D eigenvalue weighted by molar-refractivity contribution is 5.89. The fourth-order valence-corrected chi connectivity index (χ4v) is 9.64. The number of hydrogen-bond acceptors (Lipinski definition) is 5. The SMILES string of the molecule is CC(C)=CCc1cccc2[nH]c3c(c12)C[C@@H]1CC[C@@]2(O)[C@@]45O[C@@H]4[C@H](O)[C@@H](C(C)(C)O)O[C@H]5CC[C@]2(C)[C@@]31C. The summed E-state index contributed by atoms with van der Waals surface area (Å²) in [6, 6.07) is 6.59. The molecule has 9 atom stereocenters. The van der Waals surface area contributed by atoms with Crippen LogP contribution < -0.4 is 0 Å². The second-order valence-electron chi connectivity index (χ2n) is 14.2. The Labute approximate surface area is 225 Å². The minimum absolute atomic E-state index is 0.267. The number of aliphatic hydroxyl groups is 3. The smallest absolute Gasteiger partial charge is 0.152 e. The summed E-state index contributed by atoms with van der Waals surface area (Å²) in [4.78, 5) is 3.87. The van der Waals surface area contributed by atoms with Crippen molar-refractivity contribution in [3.8, 4) is 0 Å². The van der Waals surface area contributed by atoms with E-state index in [0.717, 1.165) is 32.1 Å². The maximum Gasteiger partial charge on any atom is 0.152 e. The summed E-state index contributed by atoms with van der Waals surface area (Å²) in [7, 11) is 0. The number of aromatic nitrogens is 1. The van der Waals surface area contributed by atoms with E-state index in [0.29, 0.717) is 12.3 Å². The van der Waals surface area contributed by atoms with Crippen molar-refractivity contribution < 1.29 is 24.8 Å². The first-order valence-corrected chi connectivity index (χ1v) is 14.5. The highest BCUT2D eigenvalue weighted by atomic mass is 16.7. The van der Waals surface area contributed by atoms with Gasteiger partial charge in [-0.05, 0) is 89.3 Å². The first-order valence-electron chi connectivity index (χ1n) is 14.5. The number of rotatable bonds is 3. The van der Waals surface area contributed by atoms with Gasteiger partial charge in [0.1, 0.15) is 23.9 Å². The van der Waals surface area contributed by atoms with Crippen LogP contribution in [0.2, 0.25) is 0 Å². The minimum Gasteiger partial charge on any atom is -0.388 e. The summed E-state index contributed by atoms with van der Waals surface area (Å²) < 4.78 is 12.8. The number of ether oxygens (including phenoxy) is 2. The van der Waals surface area contributed by atoms with Crippen molar-refractivity contribution in [3.63, 3.8) is 0 Å². The molecule has 38 heavy (non-hydrogen) atoms. The Bertz CT molecular complexity index is 1350. The van der Waals surface area contributed by atoms with E-state index >= 15 is 0 Å². The molecule has 0 unspecified atom stereocenters. The number of hydrogen-bond donors (Lipinski definition) is 4. The maximum atomic E-state index is 12.9. The number of H-pyrrole nitrogens is 1. The summed E-state index contributed by atoms with van der Waals surface area (Å²) in [6.45, 7) is 12.3. The lowest BCUT2D eigenvalue weighted by atomic mass is 9.40. The predicted octanol–water partition coefficient (Wildman–Crippen LogP) is 4.47. The van der Waals surface area contributed by atoms with Crippen LogP contribution in [0, 0.1) is 11.3 Å². The lowest BCUT2D eigenvalue weighted by Gasteiger charge is -2.66. The van der Waals surface area contributed by atoms with Crippen LogP contribution in [0.4, 0.5) is 0 Å². The van der Waals surface area contributed by atoms with E-state index in [4.69, 9.17) is 9.47 Å². The van der Waals surface area contributed by atoms with Crippen molar-refractivity contribution in [2.45, 2.75) is 127 Å². The van der Waals surface area contributed by atoms with Crippen LogP contribution in [0.25, 0.3) is 10.9 Å². The third-order valence-corrected chi connectivity index (χ3v) is 11.8. The maximum absolute atomic E-state index is 12.9. The molecule has 6 nitrogen and oxygen atoms in total. The Kier molecular flexibility index (Phi) is 5.00. The number of epoxide rings is 1. The van der Waals surface area contributed by atoms with Crippen molar-refractivity contribution in [2.75, 3.05) is 0 Å². The average Bonchev–Trinajstić information content (AvgIpc) is 3.42. The van der Waals surface area contributed by atoms with Crippen LogP contribution in [0.15, 0.2) is 29.8 Å². The third kappa shape index (κ3) is 2.76. The van der Waals surface area contributed by atoms with Gasteiger partial charge in [-0.1, -0.05) is 37.6 Å². The summed E-state index contributed by atoms with van der Waals surface area (Å²) in [5.41, 5.74) is 2.56. The van der Waals surface area contributed by atoms with Crippen molar-refractivity contribution in [1.29, 1.82) is 0 Å². The number of allylic oxidation sites excluding steroid dienone is 2. The number of nitrogens with one attached hydrogen (secondary N) is 1. The molecule has 0 radical (unpaired) electrons. The van der Waals surface area contributed by atoms with Gasteiger partial charge in [0.05, 0.1) is 11.7 Å². The van der Waals surface area contributed by atoms with Crippen LogP contribution in [0.3, 0.4) is 0 Å². The van der Waals surface area contributed by atoms with Gasteiger partial charge in [0.25, 0.3) is 0 Å². The molecule has 2 saturated carbocycles. The van der Waals surface area contributed by atoms with Crippen LogP contribution in [-0.2, 0) is 27.7 Å². The molecule has 0 bridgehead atoms. The fourth-order valence-electron chi connectivity index (χ4n) is 9.64. The molecule has 3 heterocycles. The molecular formula is C32H43NO5. The Morgan fingerprint density at radius 2 is 1.95 bits per heavy atom. The number of aliphatic hydroxyl groups excluding tert-OH is 1. The highest BCUT2D eigenvalue weighted by Crippen LogP contribution is 2.75. The summed E-state index contributed by atoms with van der Waals surface area (Å²) in [5.74, 6) is 0.429. The van der Waals surface area contributed by atoms with Crippen LogP contribution >= 0.6 is 0 Å². The fraction of sp³-hybridized carbons (Fsp3) is 0.688. The number of fused-ring (bicyclic) bond motifs is 7. The zero-order valence-corrected chi connectivity index (χ0v) is 23.6. The first-order chi connectivity index (χ1) is 17.8. The quantitative estimate of drug-likeness (QED) is 0.353. The lowest BCUT2D eigenvalue weighted by Crippen LogP contribution is -2.76. The van der Waals surface area contributed by atoms with Gasteiger partial charge in [0.15, 0.2) is 5.60 Å². The van der Waals surface area contributed by atoms with Crippen LogP contribution in [0.1, 0.15) is 84.0 Å². The molecule has 0 amide bonds. The predicted molar refractivity (Wildman–Crippen MR) is 146 cm³/mol. The van der Waals surface area contributed by atoms with Crippen molar-refractivity contribution >= 4 is 10.9 Å². The normalized spacial score (nSPS) is 45.0. The van der Waals surface area contributed by atoms with Gasteiger partial charge in [-0.3, -0.25) is 0 Å². The zero-order valence-electron chi connectivity index (χ0n) is 23.6. The lowest BCUT2D eigenvalue weighted by molar-refractivity contribution is -0.280. The highest BCUT2D eigenvalue weighted by Gasteiger charge is 2.86. The van der Waals surface area contributed by atoms with Gasteiger partial charge >= 0.3 is 0 Å². The van der Waals surface area contributed by atoms with Gasteiger partial charge in [0, 0.05) is 27.4 Å². The molecule has 2 aromatic rings. The number of benzene rings is 1. The summed E-state index contributed by atoms with van der Waals surface area (Å²) >= 11 is 0. The van der Waals surface area contributed by atoms with E-state index in [1.165, 1.54) is 33.3 Å². The molecule has 206 valence electrons. The molecule has 7 rings (SSSR count). The summed E-state index contributed by atoms with van der Waals surface area (Å²) in [6.07, 6.45) is 4.72. The average molecular weight is 522 g/mol. The second-order valence-corrected chi connectivity index (χ2v) is 14.2. The van der Waals surface area contributed by atoms with Crippen LogP contribution in [0.5, 0.6) is 0 Å². The molecule has 1 aromatic heterocycles. The molecule has 5 aliphatic rings. The van der Waals surface area contributed by atoms with E-state index in [1.807, 2.05) is 0 Å². The second kappa shape index (κ2) is 7.52. The Morgan fingerprint density at radius 1 is 1.18 bits per heavy atom. The zero-order chi connectivity index (χ0) is 27.0. The Hall–Kier alpha value is -1.70. The standard InChI is InChI=1S/C32H43NO5/c1-17(2)10-11-18-8-7-9-21-23(18)20-16-19-12-15-31(36)29(5,30(19,6)25(20)33-21)14-13-22-32(31)27(38-32)24(34)26(37-22)28(3,4)35/h7-10,19,22,24,26-27,33-36H,11-16H2,1-6H3/t19-,22-,24+,26-,27+,29+,30+,31-,32-/m0/s1. The molecule has 6 heteroatoms. The van der Waals surface area contributed by atoms with Gasteiger partial charge in [-0.2, -0.15) is 0 Å².